The van der Waals surface area contributed by atoms with Crippen molar-refractivity contribution in [2.45, 2.75) is 0 Å². The van der Waals surface area contributed by atoms with Crippen LogP contribution in [0.2, 0.25) is 0 Å². The Bertz CT molecular complexity index is 493. The van der Waals surface area contributed by atoms with Crippen LogP contribution in [-0.2, 0) is 9.53 Å². The molecule has 0 fully saturated rings. The number of hydrogen-bond donors (Lipinski definition) is 2. The van der Waals surface area contributed by atoms with Gasteiger partial charge in [0.2, 0.25) is 5.91 Å². The molecular weight excluding hydrogens is 267 g/mol. The maximum absolute atomic E-state index is 13.1. The van der Waals surface area contributed by atoms with Gasteiger partial charge in [0.1, 0.15) is 11.6 Å². The Kier molecular flexibility index (Phi) is 5.92. The van der Waals surface area contributed by atoms with E-state index in [-0.39, 0.29) is 23.8 Å². The van der Waals surface area contributed by atoms with Crippen LogP contribution >= 0.6 is 0 Å². The van der Waals surface area contributed by atoms with Gasteiger partial charge in [-0.3, -0.25) is 9.59 Å². The number of carbonyl (C=O) groups excluding carboxylic acids is 2. The van der Waals surface area contributed by atoms with Gasteiger partial charge in [0.15, 0.2) is 0 Å². The summed E-state index contributed by atoms with van der Waals surface area (Å²) in [6.45, 7) is 0.509. The molecule has 0 aliphatic carbocycles. The topological polar surface area (TPSA) is 78.9 Å². The van der Waals surface area contributed by atoms with Gasteiger partial charge in [0.25, 0.3) is 5.91 Å². The van der Waals surface area contributed by atoms with Crippen molar-refractivity contribution in [1.82, 2.24) is 10.2 Å². The zero-order valence-electron chi connectivity index (χ0n) is 11.4. The molecule has 0 spiro atoms. The van der Waals surface area contributed by atoms with Crippen molar-refractivity contribution in [2.75, 3.05) is 33.9 Å². The quantitative estimate of drug-likeness (QED) is 0.740. The predicted octanol–water partition coefficient (Wildman–Crippen LogP) is 0.366. The molecule has 0 radical (unpaired) electrons. The SMILES string of the molecule is COCCNC(=O)CN(C)C(=O)c1cc(F)ccc1O. The molecule has 0 aliphatic heterocycles. The molecule has 2 N–H and O–H groups in total. The highest BCUT2D eigenvalue weighted by Crippen LogP contribution is 2.19. The van der Waals surface area contributed by atoms with E-state index < -0.39 is 11.7 Å². The van der Waals surface area contributed by atoms with Gasteiger partial charge in [-0.1, -0.05) is 0 Å². The third kappa shape index (κ3) is 4.51. The van der Waals surface area contributed by atoms with Crippen molar-refractivity contribution in [3.63, 3.8) is 0 Å². The summed E-state index contributed by atoms with van der Waals surface area (Å²) >= 11 is 0. The number of likely N-dealkylation sites (N-methyl/N-ethyl adjacent to an activating group) is 1. The Labute approximate surface area is 116 Å². The number of phenolic OH excluding ortho intramolecular Hbond substituents is 1. The zero-order valence-corrected chi connectivity index (χ0v) is 11.4. The zero-order chi connectivity index (χ0) is 15.1. The van der Waals surface area contributed by atoms with E-state index in [1.54, 1.807) is 0 Å². The molecule has 1 rings (SSSR count). The number of nitrogens with zero attached hydrogens (tertiary/aromatic N) is 1. The molecule has 7 heteroatoms. The number of phenols is 1. The average Bonchev–Trinajstić information content (AvgIpc) is 2.41. The molecule has 0 bridgehead atoms. The fourth-order valence-electron chi connectivity index (χ4n) is 1.52. The fraction of sp³-hybridized carbons (Fsp3) is 0.385. The number of amides is 2. The van der Waals surface area contributed by atoms with E-state index in [1.165, 1.54) is 14.2 Å². The highest BCUT2D eigenvalue weighted by molar-refractivity contribution is 5.98. The van der Waals surface area contributed by atoms with E-state index in [4.69, 9.17) is 4.74 Å². The molecule has 0 saturated heterocycles. The molecule has 0 atom stereocenters. The van der Waals surface area contributed by atoms with Crippen LogP contribution in [0, 0.1) is 5.82 Å². The molecule has 110 valence electrons. The minimum Gasteiger partial charge on any atom is -0.507 e. The first-order valence-electron chi connectivity index (χ1n) is 5.95. The van der Waals surface area contributed by atoms with E-state index in [0.717, 1.165) is 23.1 Å². The molecular formula is C13H17FN2O4. The lowest BCUT2D eigenvalue weighted by Crippen LogP contribution is -2.39. The standard InChI is InChI=1S/C13H17FN2O4/c1-16(8-12(18)15-5-6-20-2)13(19)10-7-9(14)3-4-11(10)17/h3-4,7,17H,5-6,8H2,1-2H3,(H,15,18). The summed E-state index contributed by atoms with van der Waals surface area (Å²) in [6, 6.07) is 3.07. The highest BCUT2D eigenvalue weighted by atomic mass is 19.1. The summed E-state index contributed by atoms with van der Waals surface area (Å²) in [5.41, 5.74) is -0.183. The summed E-state index contributed by atoms with van der Waals surface area (Å²) < 4.78 is 17.8. The molecule has 1 aromatic rings. The Morgan fingerprint density at radius 3 is 2.80 bits per heavy atom. The number of rotatable bonds is 6. The Hall–Kier alpha value is -2.15. The number of methoxy groups -OCH3 is 1. The first kappa shape index (κ1) is 15.9. The van der Waals surface area contributed by atoms with E-state index in [0.29, 0.717) is 13.2 Å². The van der Waals surface area contributed by atoms with Crippen LogP contribution in [0.25, 0.3) is 0 Å². The third-order valence-corrected chi connectivity index (χ3v) is 2.54. The normalized spacial score (nSPS) is 10.2. The van der Waals surface area contributed by atoms with Crippen LogP contribution in [0.5, 0.6) is 5.75 Å². The van der Waals surface area contributed by atoms with Crippen LogP contribution in [-0.4, -0.2) is 55.7 Å². The summed E-state index contributed by atoms with van der Waals surface area (Å²) in [4.78, 5) is 24.6. The minimum atomic E-state index is -0.635. The molecule has 0 aliphatic rings. The van der Waals surface area contributed by atoms with Gasteiger partial charge < -0.3 is 20.1 Å². The molecule has 0 heterocycles. The van der Waals surface area contributed by atoms with Crippen molar-refractivity contribution in [3.8, 4) is 5.75 Å². The van der Waals surface area contributed by atoms with Gasteiger partial charge in [0, 0.05) is 20.7 Å². The largest absolute Gasteiger partial charge is 0.507 e. The van der Waals surface area contributed by atoms with Crippen molar-refractivity contribution in [3.05, 3.63) is 29.6 Å². The second-order valence-corrected chi connectivity index (χ2v) is 4.17. The summed E-state index contributed by atoms with van der Waals surface area (Å²) in [5, 5.41) is 12.1. The molecule has 0 unspecified atom stereocenters. The lowest BCUT2D eigenvalue weighted by Gasteiger charge is -2.17. The highest BCUT2D eigenvalue weighted by Gasteiger charge is 2.18. The van der Waals surface area contributed by atoms with Crippen molar-refractivity contribution < 1.29 is 23.8 Å². The Balaban J connectivity index is 2.62. The van der Waals surface area contributed by atoms with Crippen LogP contribution in [0.4, 0.5) is 4.39 Å². The number of carbonyl (C=O) groups is 2. The summed E-state index contributed by atoms with van der Waals surface area (Å²) in [5.74, 6) is -1.97. The molecule has 1 aromatic carbocycles. The van der Waals surface area contributed by atoms with Gasteiger partial charge in [-0.25, -0.2) is 4.39 Å². The van der Waals surface area contributed by atoms with E-state index in [9.17, 15) is 19.1 Å². The maximum Gasteiger partial charge on any atom is 0.257 e. The van der Waals surface area contributed by atoms with E-state index >= 15 is 0 Å². The van der Waals surface area contributed by atoms with Gasteiger partial charge in [-0.05, 0) is 18.2 Å². The Morgan fingerprint density at radius 2 is 2.15 bits per heavy atom. The number of ether oxygens (including phenoxy) is 1. The van der Waals surface area contributed by atoms with Crippen molar-refractivity contribution in [1.29, 1.82) is 0 Å². The Morgan fingerprint density at radius 1 is 1.45 bits per heavy atom. The number of hydrogen-bond acceptors (Lipinski definition) is 4. The van der Waals surface area contributed by atoms with E-state index in [1.807, 2.05) is 0 Å². The number of benzene rings is 1. The monoisotopic (exact) mass is 284 g/mol. The second-order valence-electron chi connectivity index (χ2n) is 4.17. The molecule has 6 nitrogen and oxygen atoms in total. The molecule has 0 aromatic heterocycles. The van der Waals surface area contributed by atoms with Crippen LogP contribution in [0.3, 0.4) is 0 Å². The number of halogens is 1. The van der Waals surface area contributed by atoms with Crippen LogP contribution < -0.4 is 5.32 Å². The third-order valence-electron chi connectivity index (χ3n) is 2.54. The molecule has 20 heavy (non-hydrogen) atoms. The molecule has 0 saturated carbocycles. The van der Waals surface area contributed by atoms with Crippen LogP contribution in [0.15, 0.2) is 18.2 Å². The van der Waals surface area contributed by atoms with Gasteiger partial charge >= 0.3 is 0 Å². The van der Waals surface area contributed by atoms with Gasteiger partial charge in [-0.2, -0.15) is 0 Å². The molecule has 2 amide bonds. The van der Waals surface area contributed by atoms with Crippen LogP contribution in [0.1, 0.15) is 10.4 Å². The smallest absolute Gasteiger partial charge is 0.257 e. The van der Waals surface area contributed by atoms with E-state index in [2.05, 4.69) is 5.32 Å². The van der Waals surface area contributed by atoms with Gasteiger partial charge in [0.05, 0.1) is 18.7 Å². The first-order valence-corrected chi connectivity index (χ1v) is 5.95. The number of aromatic hydroxyl groups is 1. The predicted molar refractivity (Wildman–Crippen MR) is 69.9 cm³/mol. The summed E-state index contributed by atoms with van der Waals surface area (Å²) in [6.07, 6.45) is 0. The van der Waals surface area contributed by atoms with Gasteiger partial charge in [-0.15, -0.1) is 0 Å². The first-order chi connectivity index (χ1) is 9.45. The number of nitrogens with one attached hydrogen (secondary N) is 1. The van der Waals surface area contributed by atoms with Crippen molar-refractivity contribution >= 4 is 11.8 Å². The average molecular weight is 284 g/mol. The fourth-order valence-corrected chi connectivity index (χ4v) is 1.52. The van der Waals surface area contributed by atoms with Crippen molar-refractivity contribution in [2.24, 2.45) is 0 Å². The lowest BCUT2D eigenvalue weighted by molar-refractivity contribution is -0.121. The maximum atomic E-state index is 13.1. The second kappa shape index (κ2) is 7.44. The lowest BCUT2D eigenvalue weighted by atomic mass is 10.1. The summed E-state index contributed by atoms with van der Waals surface area (Å²) in [7, 11) is 2.90. The minimum absolute atomic E-state index is 0.183.